The number of methoxy groups -OCH3 is 1. The molecule has 2 N–H and O–H groups in total. The molecule has 0 aliphatic carbocycles. The first-order valence-electron chi connectivity index (χ1n) is 7.62. The lowest BCUT2D eigenvalue weighted by Crippen LogP contribution is -2.21. The van der Waals surface area contributed by atoms with Gasteiger partial charge in [-0.25, -0.2) is 0 Å². The molecule has 0 spiro atoms. The molecule has 0 aliphatic heterocycles. The van der Waals surface area contributed by atoms with Crippen LogP contribution in [0.4, 0.5) is 11.4 Å². The Hall–Kier alpha value is -2.95. The molecule has 24 heavy (non-hydrogen) atoms. The normalized spacial score (nSPS) is 9.92. The third-order valence-electron chi connectivity index (χ3n) is 3.15. The van der Waals surface area contributed by atoms with Crippen molar-refractivity contribution >= 4 is 17.3 Å². The van der Waals surface area contributed by atoms with Crippen molar-refractivity contribution < 1.29 is 14.3 Å². The Balaban J connectivity index is 1.90. The lowest BCUT2D eigenvalue weighted by molar-refractivity contribution is -0.114. The Morgan fingerprint density at radius 1 is 1.17 bits per heavy atom. The highest BCUT2D eigenvalue weighted by molar-refractivity contribution is 5.94. The molecule has 0 radical (unpaired) electrons. The summed E-state index contributed by atoms with van der Waals surface area (Å²) in [5.41, 5.74) is 2.39. The fraction of sp³-hybridized carbons (Fsp3) is 0.211. The second-order valence-corrected chi connectivity index (χ2v) is 5.38. The van der Waals surface area contributed by atoms with Crippen LogP contribution in [0.3, 0.4) is 0 Å². The van der Waals surface area contributed by atoms with Gasteiger partial charge in [0.25, 0.3) is 0 Å². The Labute approximate surface area is 142 Å². The van der Waals surface area contributed by atoms with Gasteiger partial charge < -0.3 is 20.1 Å². The molecule has 2 rings (SSSR count). The zero-order valence-corrected chi connectivity index (χ0v) is 14.0. The van der Waals surface area contributed by atoms with Crippen molar-refractivity contribution in [1.82, 2.24) is 0 Å². The molecule has 0 atom stereocenters. The van der Waals surface area contributed by atoms with Crippen molar-refractivity contribution in [2.75, 3.05) is 30.9 Å². The smallest absolute Gasteiger partial charge is 0.243 e. The monoisotopic (exact) mass is 326 g/mol. The van der Waals surface area contributed by atoms with Gasteiger partial charge in [0.15, 0.2) is 0 Å². The Morgan fingerprint density at radius 2 is 1.96 bits per heavy atom. The first-order valence-corrected chi connectivity index (χ1v) is 7.62. The number of hydrogen-bond acceptors (Lipinski definition) is 4. The first kappa shape index (κ1) is 17.4. The van der Waals surface area contributed by atoms with Crippen LogP contribution in [0.5, 0.6) is 11.5 Å². The average Bonchev–Trinajstić information content (AvgIpc) is 2.58. The summed E-state index contributed by atoms with van der Waals surface area (Å²) in [6.07, 6.45) is 0. The van der Waals surface area contributed by atoms with Crippen molar-refractivity contribution in [3.63, 3.8) is 0 Å². The van der Waals surface area contributed by atoms with Gasteiger partial charge in [-0.2, -0.15) is 0 Å². The number of hydrogen-bond donors (Lipinski definition) is 2. The molecular weight excluding hydrogens is 304 g/mol. The molecule has 5 nitrogen and oxygen atoms in total. The Kier molecular flexibility index (Phi) is 6.25. The van der Waals surface area contributed by atoms with Crippen LogP contribution < -0.4 is 20.1 Å². The van der Waals surface area contributed by atoms with Gasteiger partial charge in [0, 0.05) is 11.8 Å². The summed E-state index contributed by atoms with van der Waals surface area (Å²) in [6.45, 7) is 6.28. The summed E-state index contributed by atoms with van der Waals surface area (Å²) in [4.78, 5) is 12.1. The molecule has 126 valence electrons. The maximum atomic E-state index is 12.1. The Bertz CT molecular complexity index is 713. The number of para-hydroxylation sites is 2. The summed E-state index contributed by atoms with van der Waals surface area (Å²) in [6, 6.07) is 14.7. The number of rotatable bonds is 8. The van der Waals surface area contributed by atoms with E-state index in [4.69, 9.17) is 9.47 Å². The number of anilines is 2. The van der Waals surface area contributed by atoms with Crippen LogP contribution in [0, 0.1) is 0 Å². The number of carbonyl (C=O) groups excluding carboxylic acids is 1. The van der Waals surface area contributed by atoms with Crippen LogP contribution in [0.15, 0.2) is 60.7 Å². The van der Waals surface area contributed by atoms with E-state index in [1.807, 2.05) is 49.4 Å². The number of amides is 1. The van der Waals surface area contributed by atoms with Crippen LogP contribution in [-0.2, 0) is 4.79 Å². The molecule has 0 heterocycles. The number of benzene rings is 2. The molecule has 2 aromatic carbocycles. The van der Waals surface area contributed by atoms with Gasteiger partial charge in [0.1, 0.15) is 18.1 Å². The lowest BCUT2D eigenvalue weighted by atomic mass is 10.3. The highest BCUT2D eigenvalue weighted by Gasteiger charge is 2.06. The molecule has 5 heteroatoms. The van der Waals surface area contributed by atoms with E-state index in [0.29, 0.717) is 23.8 Å². The second kappa shape index (κ2) is 8.62. The van der Waals surface area contributed by atoms with Gasteiger partial charge >= 0.3 is 0 Å². The molecule has 0 bridgehead atoms. The number of carbonyl (C=O) groups is 1. The molecule has 0 fully saturated rings. The standard InChI is InChI=1S/C19H22N2O3/c1-14(2)13-24-16-8-6-7-15(11-16)21-19(22)12-20-17-9-4-5-10-18(17)23-3/h4-11,20H,1,12-13H2,2-3H3,(H,21,22). The van der Waals surface area contributed by atoms with Gasteiger partial charge in [-0.15, -0.1) is 0 Å². The van der Waals surface area contributed by atoms with E-state index < -0.39 is 0 Å². The zero-order chi connectivity index (χ0) is 17.4. The summed E-state index contributed by atoms with van der Waals surface area (Å²) in [7, 11) is 1.59. The summed E-state index contributed by atoms with van der Waals surface area (Å²) < 4.78 is 10.8. The third-order valence-corrected chi connectivity index (χ3v) is 3.15. The van der Waals surface area contributed by atoms with E-state index in [-0.39, 0.29) is 12.5 Å². The maximum absolute atomic E-state index is 12.1. The lowest BCUT2D eigenvalue weighted by Gasteiger charge is -2.12. The highest BCUT2D eigenvalue weighted by atomic mass is 16.5. The van der Waals surface area contributed by atoms with Crippen LogP contribution >= 0.6 is 0 Å². The molecule has 0 aliphatic rings. The molecule has 0 saturated carbocycles. The predicted octanol–water partition coefficient (Wildman–Crippen LogP) is 3.70. The van der Waals surface area contributed by atoms with Crippen LogP contribution in [0.2, 0.25) is 0 Å². The van der Waals surface area contributed by atoms with Gasteiger partial charge in [0.2, 0.25) is 5.91 Å². The van der Waals surface area contributed by atoms with E-state index in [2.05, 4.69) is 17.2 Å². The quantitative estimate of drug-likeness (QED) is 0.726. The number of ether oxygens (including phenoxy) is 2. The molecule has 0 unspecified atom stereocenters. The van der Waals surface area contributed by atoms with E-state index >= 15 is 0 Å². The average molecular weight is 326 g/mol. The third kappa shape index (κ3) is 5.35. The van der Waals surface area contributed by atoms with Crippen molar-refractivity contribution in [1.29, 1.82) is 0 Å². The molecule has 1 amide bonds. The van der Waals surface area contributed by atoms with Crippen LogP contribution in [0.25, 0.3) is 0 Å². The predicted molar refractivity (Wildman–Crippen MR) is 96.9 cm³/mol. The van der Waals surface area contributed by atoms with E-state index in [0.717, 1.165) is 11.3 Å². The van der Waals surface area contributed by atoms with Crippen molar-refractivity contribution in [3.8, 4) is 11.5 Å². The largest absolute Gasteiger partial charge is 0.495 e. The first-order chi connectivity index (χ1) is 11.6. The van der Waals surface area contributed by atoms with E-state index in [1.165, 1.54) is 0 Å². The SMILES string of the molecule is C=C(C)COc1cccc(NC(=O)CNc2ccccc2OC)c1. The van der Waals surface area contributed by atoms with Gasteiger partial charge in [0.05, 0.1) is 19.3 Å². The van der Waals surface area contributed by atoms with Crippen molar-refractivity contribution in [2.45, 2.75) is 6.92 Å². The molecule has 2 aromatic rings. The topological polar surface area (TPSA) is 59.6 Å². The fourth-order valence-corrected chi connectivity index (χ4v) is 2.04. The maximum Gasteiger partial charge on any atom is 0.243 e. The molecule has 0 saturated heterocycles. The molecular formula is C19H22N2O3. The number of nitrogens with one attached hydrogen (secondary N) is 2. The van der Waals surface area contributed by atoms with E-state index in [1.54, 1.807) is 13.2 Å². The minimum atomic E-state index is -0.155. The van der Waals surface area contributed by atoms with Gasteiger partial charge in [-0.3, -0.25) is 4.79 Å². The molecule has 0 aromatic heterocycles. The summed E-state index contributed by atoms with van der Waals surface area (Å²) >= 11 is 0. The fourth-order valence-electron chi connectivity index (χ4n) is 2.04. The summed E-state index contributed by atoms with van der Waals surface area (Å²) in [5.74, 6) is 1.23. The van der Waals surface area contributed by atoms with Gasteiger partial charge in [-0.05, 0) is 36.8 Å². The van der Waals surface area contributed by atoms with Crippen molar-refractivity contribution in [2.24, 2.45) is 0 Å². The van der Waals surface area contributed by atoms with Crippen LogP contribution in [0.1, 0.15) is 6.92 Å². The zero-order valence-electron chi connectivity index (χ0n) is 14.0. The van der Waals surface area contributed by atoms with E-state index in [9.17, 15) is 4.79 Å². The van der Waals surface area contributed by atoms with Crippen molar-refractivity contribution in [3.05, 3.63) is 60.7 Å². The minimum absolute atomic E-state index is 0.136. The van der Waals surface area contributed by atoms with Crippen LogP contribution in [-0.4, -0.2) is 26.2 Å². The minimum Gasteiger partial charge on any atom is -0.495 e. The Morgan fingerprint density at radius 3 is 2.71 bits per heavy atom. The highest BCUT2D eigenvalue weighted by Crippen LogP contribution is 2.23. The van der Waals surface area contributed by atoms with Gasteiger partial charge in [-0.1, -0.05) is 24.8 Å². The summed E-state index contributed by atoms with van der Waals surface area (Å²) in [5, 5.41) is 5.89. The second-order valence-electron chi connectivity index (χ2n) is 5.38.